The van der Waals surface area contributed by atoms with Gasteiger partial charge in [-0.15, -0.1) is 0 Å². The molecular formula is C16H25N3O5S. The number of likely N-dealkylation sites (tertiary alicyclic amines) is 1. The van der Waals surface area contributed by atoms with E-state index in [1.807, 2.05) is 0 Å². The maximum atomic E-state index is 11.9. The number of non-ortho nitro benzene ring substituents is 1. The van der Waals surface area contributed by atoms with Gasteiger partial charge in [0.2, 0.25) is 0 Å². The quantitative estimate of drug-likeness (QED) is 0.552. The summed E-state index contributed by atoms with van der Waals surface area (Å²) >= 11 is 0. The highest BCUT2D eigenvalue weighted by molar-refractivity contribution is 7.90. The van der Waals surface area contributed by atoms with Crippen molar-refractivity contribution in [2.45, 2.75) is 30.8 Å². The van der Waals surface area contributed by atoms with Crippen LogP contribution in [0.5, 0.6) is 0 Å². The SMILES string of the molecule is CC1CCN(CC(O)CNc2ccc([N+](=O)[O-])cc2S(C)(=O)=O)CC1. The third-order valence-corrected chi connectivity index (χ3v) is 5.59. The van der Waals surface area contributed by atoms with E-state index in [1.54, 1.807) is 0 Å². The summed E-state index contributed by atoms with van der Waals surface area (Å²) in [6.07, 6.45) is 2.57. The summed E-state index contributed by atoms with van der Waals surface area (Å²) in [6.45, 7) is 4.80. The summed E-state index contributed by atoms with van der Waals surface area (Å²) in [7, 11) is -3.63. The first-order valence-electron chi connectivity index (χ1n) is 8.29. The van der Waals surface area contributed by atoms with Gasteiger partial charge < -0.3 is 15.3 Å². The lowest BCUT2D eigenvalue weighted by Crippen LogP contribution is -2.40. The fraction of sp³-hybridized carbons (Fsp3) is 0.625. The van der Waals surface area contributed by atoms with E-state index in [9.17, 15) is 23.6 Å². The Kier molecular flexibility index (Phi) is 6.36. The maximum absolute atomic E-state index is 11.9. The van der Waals surface area contributed by atoms with Gasteiger partial charge in [0, 0.05) is 31.5 Å². The molecule has 0 aromatic heterocycles. The van der Waals surface area contributed by atoms with Crippen LogP contribution in [0.2, 0.25) is 0 Å². The molecule has 0 amide bonds. The molecule has 1 unspecified atom stereocenters. The fourth-order valence-electron chi connectivity index (χ4n) is 2.91. The van der Waals surface area contributed by atoms with Crippen LogP contribution in [0.3, 0.4) is 0 Å². The van der Waals surface area contributed by atoms with E-state index >= 15 is 0 Å². The zero-order valence-electron chi connectivity index (χ0n) is 14.5. The van der Waals surface area contributed by atoms with Crippen LogP contribution in [-0.2, 0) is 9.84 Å². The van der Waals surface area contributed by atoms with Crippen LogP contribution in [0.1, 0.15) is 19.8 Å². The van der Waals surface area contributed by atoms with Gasteiger partial charge in [0.25, 0.3) is 5.69 Å². The second-order valence-corrected chi connectivity index (χ2v) is 8.71. The summed E-state index contributed by atoms with van der Waals surface area (Å²) in [5, 5.41) is 24.0. The molecule has 0 aliphatic carbocycles. The van der Waals surface area contributed by atoms with Crippen molar-refractivity contribution < 1.29 is 18.4 Å². The molecule has 8 nitrogen and oxygen atoms in total. The van der Waals surface area contributed by atoms with Gasteiger partial charge >= 0.3 is 0 Å². The van der Waals surface area contributed by atoms with Crippen LogP contribution in [0.15, 0.2) is 23.1 Å². The Labute approximate surface area is 147 Å². The summed E-state index contributed by atoms with van der Waals surface area (Å²) in [5.41, 5.74) is -0.0200. The van der Waals surface area contributed by atoms with Crippen molar-refractivity contribution in [2.24, 2.45) is 5.92 Å². The number of aliphatic hydroxyl groups is 1. The van der Waals surface area contributed by atoms with Gasteiger partial charge in [-0.05, 0) is 37.9 Å². The monoisotopic (exact) mass is 371 g/mol. The van der Waals surface area contributed by atoms with Crippen molar-refractivity contribution in [3.05, 3.63) is 28.3 Å². The largest absolute Gasteiger partial charge is 0.390 e. The number of piperidine rings is 1. The van der Waals surface area contributed by atoms with Crippen LogP contribution in [0.4, 0.5) is 11.4 Å². The van der Waals surface area contributed by atoms with E-state index in [1.165, 1.54) is 12.1 Å². The average Bonchev–Trinajstić information content (AvgIpc) is 2.54. The number of hydrogen-bond donors (Lipinski definition) is 2. The summed E-state index contributed by atoms with van der Waals surface area (Å²) in [6, 6.07) is 3.65. The molecule has 0 bridgehead atoms. The van der Waals surface area contributed by atoms with Gasteiger partial charge in [0.05, 0.1) is 21.6 Å². The second-order valence-electron chi connectivity index (χ2n) is 6.73. The minimum atomic E-state index is -3.63. The zero-order valence-corrected chi connectivity index (χ0v) is 15.3. The first-order chi connectivity index (χ1) is 11.7. The Bertz CT molecular complexity index is 714. The number of sulfone groups is 1. The molecule has 1 aliphatic heterocycles. The van der Waals surface area contributed by atoms with Crippen molar-refractivity contribution >= 4 is 21.2 Å². The van der Waals surface area contributed by atoms with Gasteiger partial charge in [-0.3, -0.25) is 10.1 Å². The number of hydrogen-bond acceptors (Lipinski definition) is 7. The summed E-state index contributed by atoms with van der Waals surface area (Å²) in [4.78, 5) is 12.3. The van der Waals surface area contributed by atoms with Gasteiger partial charge in [-0.2, -0.15) is 0 Å². The number of rotatable bonds is 7. The van der Waals surface area contributed by atoms with Crippen LogP contribution in [0, 0.1) is 16.0 Å². The molecule has 1 fully saturated rings. The Morgan fingerprint density at radius 2 is 2.04 bits per heavy atom. The highest BCUT2D eigenvalue weighted by Gasteiger charge is 2.21. The van der Waals surface area contributed by atoms with Gasteiger partial charge in [0.15, 0.2) is 9.84 Å². The number of nitrogens with zero attached hydrogens (tertiary/aromatic N) is 2. The number of β-amino-alcohol motifs (C(OH)–C–C–N with tert-alkyl or cyclic N) is 1. The average molecular weight is 371 g/mol. The van der Waals surface area contributed by atoms with Crippen molar-refractivity contribution in [3.8, 4) is 0 Å². The minimum absolute atomic E-state index is 0.138. The topological polar surface area (TPSA) is 113 Å². The van der Waals surface area contributed by atoms with Crippen LogP contribution in [0.25, 0.3) is 0 Å². The molecule has 0 radical (unpaired) electrons. The normalized spacial score (nSPS) is 18.0. The number of nitro benzene ring substituents is 1. The fourth-order valence-corrected chi connectivity index (χ4v) is 3.79. The molecule has 1 aromatic rings. The number of nitrogens with one attached hydrogen (secondary N) is 1. The third kappa shape index (κ3) is 5.65. The first-order valence-corrected chi connectivity index (χ1v) is 10.2. The molecular weight excluding hydrogens is 346 g/mol. The number of anilines is 1. The lowest BCUT2D eigenvalue weighted by molar-refractivity contribution is -0.385. The summed E-state index contributed by atoms with van der Waals surface area (Å²) in [5.74, 6) is 0.712. The minimum Gasteiger partial charge on any atom is -0.390 e. The predicted octanol–water partition coefficient (Wildman–Crippen LogP) is 1.50. The number of nitro groups is 1. The summed E-state index contributed by atoms with van der Waals surface area (Å²) < 4.78 is 23.8. The van der Waals surface area contributed by atoms with Gasteiger partial charge in [0.1, 0.15) is 0 Å². The van der Waals surface area contributed by atoms with Crippen molar-refractivity contribution in [2.75, 3.05) is 37.8 Å². The molecule has 2 rings (SSSR count). The molecule has 0 spiro atoms. The van der Waals surface area contributed by atoms with E-state index in [0.717, 1.165) is 38.3 Å². The Balaban J connectivity index is 2.01. The molecule has 1 heterocycles. The molecule has 0 saturated carbocycles. The molecule has 1 aromatic carbocycles. The molecule has 1 saturated heterocycles. The highest BCUT2D eigenvalue weighted by atomic mass is 32.2. The van der Waals surface area contributed by atoms with Crippen LogP contribution < -0.4 is 5.32 Å². The van der Waals surface area contributed by atoms with Crippen LogP contribution in [-0.4, -0.2) is 61.9 Å². The standard InChI is InChI=1S/C16H25N3O5S/c1-12-5-7-18(8-6-12)11-14(20)10-17-15-4-3-13(19(21)22)9-16(15)25(2,23)24/h3-4,9,12,14,17,20H,5-8,10-11H2,1-2H3. The Morgan fingerprint density at radius 1 is 1.40 bits per heavy atom. The lowest BCUT2D eigenvalue weighted by atomic mass is 9.99. The molecule has 25 heavy (non-hydrogen) atoms. The Hall–Kier alpha value is -1.71. The molecule has 140 valence electrons. The third-order valence-electron chi connectivity index (χ3n) is 4.45. The number of benzene rings is 1. The highest BCUT2D eigenvalue weighted by Crippen LogP contribution is 2.26. The lowest BCUT2D eigenvalue weighted by Gasteiger charge is -2.31. The van der Waals surface area contributed by atoms with Crippen molar-refractivity contribution in [3.63, 3.8) is 0 Å². The van der Waals surface area contributed by atoms with E-state index in [4.69, 9.17) is 0 Å². The maximum Gasteiger partial charge on any atom is 0.270 e. The van der Waals surface area contributed by atoms with Gasteiger partial charge in [-0.1, -0.05) is 6.92 Å². The molecule has 2 N–H and O–H groups in total. The van der Waals surface area contributed by atoms with Gasteiger partial charge in [-0.25, -0.2) is 8.42 Å². The van der Waals surface area contributed by atoms with E-state index < -0.39 is 20.9 Å². The van der Waals surface area contributed by atoms with Crippen molar-refractivity contribution in [1.29, 1.82) is 0 Å². The first kappa shape index (κ1) is 19.6. The van der Waals surface area contributed by atoms with Crippen molar-refractivity contribution in [1.82, 2.24) is 4.90 Å². The van der Waals surface area contributed by atoms with E-state index in [0.29, 0.717) is 12.5 Å². The predicted molar refractivity (Wildman–Crippen MR) is 95.5 cm³/mol. The molecule has 1 atom stereocenters. The zero-order chi connectivity index (χ0) is 18.6. The van der Waals surface area contributed by atoms with E-state index in [-0.39, 0.29) is 22.8 Å². The number of aliphatic hydroxyl groups excluding tert-OH is 1. The van der Waals surface area contributed by atoms with E-state index in [2.05, 4.69) is 17.1 Å². The molecule has 9 heteroatoms. The molecule has 1 aliphatic rings. The van der Waals surface area contributed by atoms with Crippen LogP contribution >= 0.6 is 0 Å². The Morgan fingerprint density at radius 3 is 2.60 bits per heavy atom. The smallest absolute Gasteiger partial charge is 0.270 e. The second kappa shape index (κ2) is 8.11.